The van der Waals surface area contributed by atoms with Crippen molar-refractivity contribution in [1.82, 2.24) is 14.4 Å². The highest BCUT2D eigenvalue weighted by Gasteiger charge is 2.31. The van der Waals surface area contributed by atoms with E-state index in [0.717, 1.165) is 12.8 Å². The van der Waals surface area contributed by atoms with Crippen molar-refractivity contribution < 1.29 is 12.9 Å². The Balaban J connectivity index is 2.13. The maximum atomic E-state index is 11.8. The zero-order valence-corrected chi connectivity index (χ0v) is 10.9. The number of nitrogens with zero attached hydrogens (tertiary/aromatic N) is 3. The van der Waals surface area contributed by atoms with Gasteiger partial charge in [0.25, 0.3) is 0 Å². The smallest absolute Gasteiger partial charge is 0.231 e. The summed E-state index contributed by atoms with van der Waals surface area (Å²) in [5.74, 6) is 1.32. The van der Waals surface area contributed by atoms with Crippen molar-refractivity contribution in [3.8, 4) is 0 Å². The molecule has 1 aromatic heterocycles. The van der Waals surface area contributed by atoms with E-state index in [2.05, 4.69) is 10.1 Å². The van der Waals surface area contributed by atoms with Gasteiger partial charge in [0.1, 0.15) is 0 Å². The lowest BCUT2D eigenvalue weighted by Gasteiger charge is -2.29. The van der Waals surface area contributed by atoms with Gasteiger partial charge < -0.3 is 4.52 Å². The van der Waals surface area contributed by atoms with E-state index in [1.165, 1.54) is 4.31 Å². The van der Waals surface area contributed by atoms with Crippen molar-refractivity contribution in [2.24, 2.45) is 0 Å². The van der Waals surface area contributed by atoms with Crippen molar-refractivity contribution in [1.29, 1.82) is 0 Å². The normalized spacial score (nSPS) is 22.8. The van der Waals surface area contributed by atoms with Crippen molar-refractivity contribution in [2.75, 3.05) is 18.8 Å². The van der Waals surface area contributed by atoms with Gasteiger partial charge in [0.15, 0.2) is 5.82 Å². The van der Waals surface area contributed by atoms with Gasteiger partial charge in [-0.05, 0) is 26.7 Å². The number of hydrogen-bond donors (Lipinski definition) is 0. The molecule has 2 heterocycles. The summed E-state index contributed by atoms with van der Waals surface area (Å²) in [6.07, 6.45) is 1.74. The molecule has 17 heavy (non-hydrogen) atoms. The highest BCUT2D eigenvalue weighted by atomic mass is 32.2. The molecule has 6 nitrogen and oxygen atoms in total. The Hall–Kier alpha value is -0.950. The lowest BCUT2D eigenvalue weighted by Crippen LogP contribution is -2.39. The average Bonchev–Trinajstić information content (AvgIpc) is 2.76. The molecule has 1 aliphatic heterocycles. The molecular weight excluding hydrogens is 242 g/mol. The first-order valence-corrected chi connectivity index (χ1v) is 7.42. The van der Waals surface area contributed by atoms with E-state index < -0.39 is 10.0 Å². The number of piperidine rings is 1. The third-order valence-corrected chi connectivity index (χ3v) is 4.88. The standard InChI is InChI=1S/C10H17N3O3S/c1-3-17(14,15)13-6-4-5-9(7-13)10-11-8(2)12-16-10/h9H,3-7H2,1-2H3/t9-/m1/s1. The molecule has 1 saturated heterocycles. The Morgan fingerprint density at radius 3 is 2.88 bits per heavy atom. The average molecular weight is 259 g/mol. The molecule has 1 atom stereocenters. The third-order valence-electron chi connectivity index (χ3n) is 3.03. The monoisotopic (exact) mass is 259 g/mol. The van der Waals surface area contributed by atoms with Gasteiger partial charge in [-0.25, -0.2) is 12.7 Å². The van der Waals surface area contributed by atoms with E-state index >= 15 is 0 Å². The van der Waals surface area contributed by atoms with Crippen LogP contribution in [0.4, 0.5) is 0 Å². The molecule has 0 unspecified atom stereocenters. The van der Waals surface area contributed by atoms with Crippen LogP contribution in [-0.2, 0) is 10.0 Å². The van der Waals surface area contributed by atoms with Crippen molar-refractivity contribution >= 4 is 10.0 Å². The van der Waals surface area contributed by atoms with Crippen LogP contribution in [0.15, 0.2) is 4.52 Å². The molecule has 0 amide bonds. The van der Waals surface area contributed by atoms with Crippen molar-refractivity contribution in [3.63, 3.8) is 0 Å². The van der Waals surface area contributed by atoms with Gasteiger partial charge in [0.2, 0.25) is 15.9 Å². The predicted molar refractivity (Wildman–Crippen MR) is 62.0 cm³/mol. The van der Waals surface area contributed by atoms with Crippen LogP contribution in [0.25, 0.3) is 0 Å². The summed E-state index contributed by atoms with van der Waals surface area (Å²) < 4.78 is 30.2. The molecule has 0 spiro atoms. The molecule has 1 aliphatic rings. The van der Waals surface area contributed by atoms with Gasteiger partial charge in [-0.3, -0.25) is 0 Å². The molecule has 0 radical (unpaired) electrons. The molecule has 2 rings (SSSR count). The zero-order chi connectivity index (χ0) is 12.5. The van der Waals surface area contributed by atoms with Crippen molar-refractivity contribution in [3.05, 3.63) is 11.7 Å². The summed E-state index contributed by atoms with van der Waals surface area (Å²) in [6.45, 7) is 4.48. The van der Waals surface area contributed by atoms with Crippen LogP contribution in [0.5, 0.6) is 0 Å². The number of rotatable bonds is 3. The second-order valence-corrected chi connectivity index (χ2v) is 6.54. The minimum Gasteiger partial charge on any atom is -0.339 e. The lowest BCUT2D eigenvalue weighted by molar-refractivity contribution is 0.265. The SMILES string of the molecule is CCS(=O)(=O)N1CCC[C@@H](c2nc(C)no2)C1. The molecular formula is C10H17N3O3S. The van der Waals surface area contributed by atoms with Gasteiger partial charge in [0, 0.05) is 13.1 Å². The molecule has 7 heteroatoms. The van der Waals surface area contributed by atoms with Gasteiger partial charge in [-0.15, -0.1) is 0 Å². The fourth-order valence-corrected chi connectivity index (χ4v) is 3.24. The zero-order valence-electron chi connectivity index (χ0n) is 10.1. The molecule has 0 bridgehead atoms. The molecule has 0 aliphatic carbocycles. The number of sulfonamides is 1. The fourth-order valence-electron chi connectivity index (χ4n) is 2.06. The Bertz CT molecular complexity index is 483. The van der Waals surface area contributed by atoms with Crippen LogP contribution in [-0.4, -0.2) is 41.7 Å². The summed E-state index contributed by atoms with van der Waals surface area (Å²) >= 11 is 0. The number of aromatic nitrogens is 2. The maximum absolute atomic E-state index is 11.8. The van der Waals surface area contributed by atoms with E-state index in [-0.39, 0.29) is 11.7 Å². The molecule has 0 N–H and O–H groups in total. The second-order valence-electron chi connectivity index (χ2n) is 4.28. The van der Waals surface area contributed by atoms with E-state index in [1.807, 2.05) is 0 Å². The van der Waals surface area contributed by atoms with Gasteiger partial charge in [0.05, 0.1) is 11.7 Å². The quantitative estimate of drug-likeness (QED) is 0.806. The largest absolute Gasteiger partial charge is 0.339 e. The number of hydrogen-bond acceptors (Lipinski definition) is 5. The molecule has 0 saturated carbocycles. The molecule has 0 aromatic carbocycles. The van der Waals surface area contributed by atoms with Crippen LogP contribution < -0.4 is 0 Å². The van der Waals surface area contributed by atoms with E-state index in [9.17, 15) is 8.42 Å². The first-order chi connectivity index (χ1) is 8.03. The lowest BCUT2D eigenvalue weighted by atomic mass is 10.00. The molecule has 96 valence electrons. The number of aryl methyl sites for hydroxylation is 1. The first kappa shape index (κ1) is 12.5. The van der Waals surface area contributed by atoms with E-state index in [1.54, 1.807) is 13.8 Å². The van der Waals surface area contributed by atoms with Crippen LogP contribution in [0, 0.1) is 6.92 Å². The van der Waals surface area contributed by atoms with E-state index in [4.69, 9.17) is 4.52 Å². The van der Waals surface area contributed by atoms with Crippen molar-refractivity contribution in [2.45, 2.75) is 32.6 Å². The fraction of sp³-hybridized carbons (Fsp3) is 0.800. The van der Waals surface area contributed by atoms with E-state index in [0.29, 0.717) is 24.8 Å². The minimum atomic E-state index is -3.11. The summed E-state index contributed by atoms with van der Waals surface area (Å²) in [5.41, 5.74) is 0. The van der Waals surface area contributed by atoms with Crippen LogP contribution in [0.3, 0.4) is 0 Å². The topological polar surface area (TPSA) is 76.3 Å². The Kier molecular flexibility index (Phi) is 3.48. The maximum Gasteiger partial charge on any atom is 0.231 e. The minimum absolute atomic E-state index is 0.0336. The Labute approximate surface area is 101 Å². The highest BCUT2D eigenvalue weighted by Crippen LogP contribution is 2.27. The summed E-state index contributed by atoms with van der Waals surface area (Å²) in [5, 5.41) is 3.75. The highest BCUT2D eigenvalue weighted by molar-refractivity contribution is 7.89. The van der Waals surface area contributed by atoms with Crippen LogP contribution in [0.1, 0.15) is 37.4 Å². The Morgan fingerprint density at radius 2 is 2.29 bits per heavy atom. The van der Waals surface area contributed by atoms with Crippen LogP contribution in [0.2, 0.25) is 0 Å². The third kappa shape index (κ3) is 2.66. The summed E-state index contributed by atoms with van der Waals surface area (Å²) in [4.78, 5) is 4.18. The Morgan fingerprint density at radius 1 is 1.53 bits per heavy atom. The summed E-state index contributed by atoms with van der Waals surface area (Å²) in [6, 6.07) is 0. The predicted octanol–water partition coefficient (Wildman–Crippen LogP) is 0.907. The van der Waals surface area contributed by atoms with Crippen LogP contribution >= 0.6 is 0 Å². The second kappa shape index (κ2) is 4.73. The molecule has 1 aromatic rings. The molecule has 1 fully saturated rings. The van der Waals surface area contributed by atoms with Gasteiger partial charge >= 0.3 is 0 Å². The first-order valence-electron chi connectivity index (χ1n) is 5.81. The van der Waals surface area contributed by atoms with Gasteiger partial charge in [-0.1, -0.05) is 5.16 Å². The summed E-state index contributed by atoms with van der Waals surface area (Å²) in [7, 11) is -3.11. The van der Waals surface area contributed by atoms with Gasteiger partial charge in [-0.2, -0.15) is 4.98 Å².